The number of carbonyl (C=O) groups excluding carboxylic acids is 1. The number of pyridine rings is 1. The molecule has 0 spiro atoms. The van der Waals surface area contributed by atoms with Crippen molar-refractivity contribution in [2.24, 2.45) is 7.05 Å². The lowest BCUT2D eigenvalue weighted by atomic mass is 10.1. The number of amides is 1. The number of nitrogens with zero attached hydrogens (tertiary/aromatic N) is 5. The van der Waals surface area contributed by atoms with Crippen molar-refractivity contribution in [1.82, 2.24) is 23.9 Å². The van der Waals surface area contributed by atoms with Crippen LogP contribution < -0.4 is 10.6 Å². The van der Waals surface area contributed by atoms with Crippen LogP contribution in [0.3, 0.4) is 0 Å². The van der Waals surface area contributed by atoms with Crippen LogP contribution >= 0.6 is 10.2 Å². The Kier molecular flexibility index (Phi) is 4.68. The van der Waals surface area contributed by atoms with Crippen LogP contribution in [0.25, 0.3) is 27.8 Å². The van der Waals surface area contributed by atoms with E-state index in [9.17, 15) is 24.2 Å². The van der Waals surface area contributed by atoms with E-state index < -0.39 is 26.7 Å². The van der Waals surface area contributed by atoms with Crippen LogP contribution in [-0.2, 0) is 7.05 Å². The molecular weight excluding hydrogens is 505 g/mol. The lowest BCUT2D eigenvalue weighted by molar-refractivity contribution is 0.102. The third-order valence-corrected chi connectivity index (χ3v) is 6.73. The van der Waals surface area contributed by atoms with E-state index in [4.69, 9.17) is 0 Å². The molecule has 0 unspecified atom stereocenters. The first kappa shape index (κ1) is 23.5. The quantitative estimate of drug-likeness (QED) is 0.267. The van der Waals surface area contributed by atoms with Gasteiger partial charge in [-0.2, -0.15) is 0 Å². The Labute approximate surface area is 200 Å². The first-order valence-electron chi connectivity index (χ1n) is 10.4. The van der Waals surface area contributed by atoms with Crippen molar-refractivity contribution in [2.75, 3.05) is 17.7 Å². The van der Waals surface area contributed by atoms with Crippen molar-refractivity contribution in [1.29, 1.82) is 0 Å². The molecule has 5 rings (SSSR count). The van der Waals surface area contributed by atoms with E-state index in [2.05, 4.69) is 25.6 Å². The number of halogens is 5. The zero-order valence-corrected chi connectivity index (χ0v) is 19.5. The number of rotatable bonds is 5. The molecule has 1 amide bonds. The van der Waals surface area contributed by atoms with Crippen LogP contribution in [0.4, 0.5) is 30.9 Å². The van der Waals surface area contributed by atoms with Gasteiger partial charge in [-0.1, -0.05) is 25.5 Å². The maximum absolute atomic E-state index is 13.1. The molecule has 1 aromatic carbocycles. The fourth-order valence-corrected chi connectivity index (χ4v) is 4.63. The number of carbonyl (C=O) groups is 1. The summed E-state index contributed by atoms with van der Waals surface area (Å²) in [5, 5.41) is 6.06. The van der Waals surface area contributed by atoms with Crippen LogP contribution in [-0.4, -0.2) is 36.9 Å². The van der Waals surface area contributed by atoms with Crippen molar-refractivity contribution in [3.63, 3.8) is 0 Å². The van der Waals surface area contributed by atoms with Gasteiger partial charge in [-0.3, -0.25) is 9.20 Å². The van der Waals surface area contributed by atoms with Crippen LogP contribution in [0.5, 0.6) is 0 Å². The molecule has 4 heterocycles. The van der Waals surface area contributed by atoms with Gasteiger partial charge in [-0.25, -0.2) is 15.0 Å². The summed E-state index contributed by atoms with van der Waals surface area (Å²) >= 11 is 0. The first-order chi connectivity index (χ1) is 16.7. The number of fused-ring (bicyclic) bond motifs is 2. The van der Waals surface area contributed by atoms with E-state index in [1.54, 1.807) is 25.4 Å². The summed E-state index contributed by atoms with van der Waals surface area (Å²) in [6.45, 7) is 0. The number of benzene rings is 1. The highest BCUT2D eigenvalue weighted by Gasteiger charge is 2.65. The normalized spacial score (nSPS) is 14.0. The first-order valence-corrected chi connectivity index (χ1v) is 12.3. The standard InChI is InChI=1S/C22H18F5N7OS/c1-28-20-19-16(11-33(2)21(19)31-12-30-20)13-6-7-34-17(10-29-18(34)8-13)22(35)32-14-4-3-5-15(9-14)36(23,24,25,26)27/h3-12H,1-2H3,(H,32,35)(H,28,30,31). The van der Waals surface area contributed by atoms with Gasteiger partial charge in [0.15, 0.2) is 0 Å². The van der Waals surface area contributed by atoms with Gasteiger partial charge in [-0.15, -0.1) is 0 Å². The third kappa shape index (κ3) is 4.08. The number of hydrogen-bond donors (Lipinski definition) is 2. The summed E-state index contributed by atoms with van der Waals surface area (Å²) < 4.78 is 68.9. The lowest BCUT2D eigenvalue weighted by Crippen LogP contribution is -2.15. The van der Waals surface area contributed by atoms with E-state index in [1.807, 2.05) is 17.8 Å². The third-order valence-electron chi connectivity index (χ3n) is 5.58. The SMILES string of the molecule is CNc1ncnc2c1c(-c1ccn3c(C(=O)Nc4cccc(S(F)(F)(F)(F)F)c4)cnc3c1)cn2C. The number of aromatic nitrogens is 5. The highest BCUT2D eigenvalue weighted by atomic mass is 32.5. The number of hydrogen-bond acceptors (Lipinski definition) is 5. The molecule has 0 aliphatic rings. The second kappa shape index (κ2) is 7.16. The Morgan fingerprint density at radius 3 is 2.53 bits per heavy atom. The Morgan fingerprint density at radius 2 is 1.81 bits per heavy atom. The van der Waals surface area contributed by atoms with Gasteiger partial charge < -0.3 is 15.2 Å². The molecule has 0 aliphatic carbocycles. The van der Waals surface area contributed by atoms with Gasteiger partial charge >= 0.3 is 10.2 Å². The predicted molar refractivity (Wildman–Crippen MR) is 128 cm³/mol. The average Bonchev–Trinajstić information content (AvgIpc) is 3.38. The molecular formula is C22H18F5N7OS. The summed E-state index contributed by atoms with van der Waals surface area (Å²) in [5.41, 5.74) is 2.26. The van der Waals surface area contributed by atoms with E-state index in [0.29, 0.717) is 17.1 Å². The molecule has 36 heavy (non-hydrogen) atoms. The molecule has 0 fully saturated rings. The van der Waals surface area contributed by atoms with Gasteiger partial charge in [0.05, 0.1) is 11.6 Å². The van der Waals surface area contributed by atoms with Crippen molar-refractivity contribution in [3.05, 3.63) is 67.0 Å². The van der Waals surface area contributed by atoms with E-state index in [0.717, 1.165) is 28.6 Å². The van der Waals surface area contributed by atoms with Crippen LogP contribution in [0, 0.1) is 0 Å². The molecule has 0 radical (unpaired) electrons. The minimum Gasteiger partial charge on any atom is -0.372 e. The molecule has 4 aromatic heterocycles. The van der Waals surface area contributed by atoms with Crippen molar-refractivity contribution in [3.8, 4) is 11.1 Å². The topological polar surface area (TPSA) is 89.1 Å². The maximum atomic E-state index is 13.1. The molecule has 5 aromatic rings. The van der Waals surface area contributed by atoms with Crippen LogP contribution in [0.1, 0.15) is 10.5 Å². The average molecular weight is 523 g/mol. The summed E-state index contributed by atoms with van der Waals surface area (Å²) in [6.07, 6.45) is 6.16. The molecule has 2 N–H and O–H groups in total. The Morgan fingerprint density at radius 1 is 1.03 bits per heavy atom. The summed E-state index contributed by atoms with van der Waals surface area (Å²) in [7, 11) is -6.30. The molecule has 0 aliphatic heterocycles. The summed E-state index contributed by atoms with van der Waals surface area (Å²) in [6, 6.07) is 5.84. The fraction of sp³-hybridized carbons (Fsp3) is 0.0909. The fourth-order valence-electron chi connectivity index (χ4n) is 3.94. The highest BCUT2D eigenvalue weighted by molar-refractivity contribution is 8.45. The zero-order chi connectivity index (χ0) is 25.9. The molecule has 8 nitrogen and oxygen atoms in total. The van der Waals surface area contributed by atoms with Crippen molar-refractivity contribution >= 4 is 44.3 Å². The van der Waals surface area contributed by atoms with Gasteiger partial charge in [-0.05, 0) is 35.9 Å². The highest BCUT2D eigenvalue weighted by Crippen LogP contribution is 3.02. The molecule has 0 saturated carbocycles. The molecule has 14 heteroatoms. The minimum absolute atomic E-state index is 0.00598. The molecule has 0 bridgehead atoms. The Hall–Kier alpha value is -4.20. The smallest absolute Gasteiger partial charge is 0.310 e. The molecule has 0 saturated heterocycles. The van der Waals surface area contributed by atoms with Crippen molar-refractivity contribution in [2.45, 2.75) is 4.90 Å². The Balaban J connectivity index is 1.50. The van der Waals surface area contributed by atoms with Crippen molar-refractivity contribution < 1.29 is 24.2 Å². The number of imidazole rings is 1. The summed E-state index contributed by atoms with van der Waals surface area (Å²) in [5.74, 6) is -0.182. The van der Waals surface area contributed by atoms with E-state index >= 15 is 0 Å². The number of nitrogens with one attached hydrogen (secondary N) is 2. The largest absolute Gasteiger partial charge is 0.372 e. The van der Waals surface area contributed by atoms with Crippen LogP contribution in [0.2, 0.25) is 0 Å². The van der Waals surface area contributed by atoms with Gasteiger partial charge in [0.25, 0.3) is 5.91 Å². The van der Waals surface area contributed by atoms with Gasteiger partial charge in [0.2, 0.25) is 0 Å². The van der Waals surface area contributed by atoms with Gasteiger partial charge in [0.1, 0.15) is 34.0 Å². The van der Waals surface area contributed by atoms with E-state index in [1.165, 1.54) is 16.9 Å². The summed E-state index contributed by atoms with van der Waals surface area (Å²) in [4.78, 5) is 23.5. The molecule has 188 valence electrons. The number of anilines is 2. The van der Waals surface area contributed by atoms with E-state index in [-0.39, 0.29) is 17.8 Å². The molecule has 0 atom stereocenters. The lowest BCUT2D eigenvalue weighted by Gasteiger charge is -2.40. The Bertz CT molecular complexity index is 1680. The predicted octanol–water partition coefficient (Wildman–Crippen LogP) is 6.23. The van der Waals surface area contributed by atoms with Gasteiger partial charge in [0, 0.05) is 37.7 Å². The monoisotopic (exact) mass is 523 g/mol. The van der Waals surface area contributed by atoms with Crippen LogP contribution in [0.15, 0.2) is 66.2 Å². The maximum Gasteiger partial charge on any atom is 0.310 e. The second-order valence-corrected chi connectivity index (χ2v) is 10.5. The minimum atomic E-state index is -9.89. The zero-order valence-electron chi connectivity index (χ0n) is 18.7. The number of aryl methyl sites for hydroxylation is 1. The second-order valence-electron chi connectivity index (χ2n) is 8.06.